The van der Waals surface area contributed by atoms with E-state index in [4.69, 9.17) is 5.11 Å². The molecular formula is C25H34N2O3. The summed E-state index contributed by atoms with van der Waals surface area (Å²) in [5.41, 5.74) is 5.81. The summed E-state index contributed by atoms with van der Waals surface area (Å²) >= 11 is 0. The summed E-state index contributed by atoms with van der Waals surface area (Å²) in [5, 5.41) is 23.6. The normalized spacial score (nSPS) is 19.4. The second-order valence-electron chi connectivity index (χ2n) is 8.48. The number of benzene rings is 2. The number of anilines is 1. The summed E-state index contributed by atoms with van der Waals surface area (Å²) < 4.78 is 0. The largest absolute Gasteiger partial charge is 0.397 e. The van der Waals surface area contributed by atoms with E-state index in [0.29, 0.717) is 12.6 Å². The molecule has 2 atom stereocenters. The van der Waals surface area contributed by atoms with Crippen molar-refractivity contribution in [3.63, 3.8) is 0 Å². The molecule has 1 aliphatic heterocycles. The molecule has 1 saturated carbocycles. The van der Waals surface area contributed by atoms with Crippen LogP contribution < -0.4 is 10.6 Å². The third-order valence-corrected chi connectivity index (χ3v) is 5.88. The van der Waals surface area contributed by atoms with E-state index >= 15 is 0 Å². The zero-order chi connectivity index (χ0) is 21.7. The fourth-order valence-corrected chi connectivity index (χ4v) is 4.12. The highest BCUT2D eigenvalue weighted by Gasteiger charge is 2.51. The van der Waals surface area contributed by atoms with E-state index in [-0.39, 0.29) is 12.5 Å². The van der Waals surface area contributed by atoms with Gasteiger partial charge < -0.3 is 20.8 Å². The number of fused-ring (bicyclic) bond motifs is 1. The van der Waals surface area contributed by atoms with Gasteiger partial charge in [0, 0.05) is 18.8 Å². The van der Waals surface area contributed by atoms with Gasteiger partial charge >= 0.3 is 0 Å². The van der Waals surface area contributed by atoms with Crippen molar-refractivity contribution in [3.05, 3.63) is 64.7 Å². The molecule has 0 radical (unpaired) electrons. The van der Waals surface area contributed by atoms with Crippen LogP contribution in [-0.4, -0.2) is 35.4 Å². The lowest BCUT2D eigenvalue weighted by molar-refractivity contribution is -0.124. The standard InChI is InChI=1S/C23H28N2O2.C2H6O/c1-15-4-3-5-17(12-15)20-8-6-18-13-19(7-9-21(18)25-20)23(10-11-23)22(27)24-14-16(2)26;1-2-3/h3-5,7,9,12-13,16,20,25-26H,6,8,10-11,14H2,1-2H3,(H,24,27);3H,2H2,1H3/t16-,20+;/m1./s1. The predicted octanol–water partition coefficient (Wildman–Crippen LogP) is 3.62. The van der Waals surface area contributed by atoms with Gasteiger partial charge in [-0.15, -0.1) is 0 Å². The molecular weight excluding hydrogens is 376 g/mol. The highest BCUT2D eigenvalue weighted by molar-refractivity contribution is 5.91. The number of hydrogen-bond donors (Lipinski definition) is 4. The Morgan fingerprint density at radius 3 is 2.63 bits per heavy atom. The van der Waals surface area contributed by atoms with E-state index in [2.05, 4.69) is 60.0 Å². The highest BCUT2D eigenvalue weighted by Crippen LogP contribution is 2.49. The number of carbonyl (C=O) groups excluding carboxylic acids is 1. The van der Waals surface area contributed by atoms with E-state index in [1.165, 1.54) is 22.4 Å². The van der Waals surface area contributed by atoms with Gasteiger partial charge in [-0.1, -0.05) is 42.0 Å². The number of amides is 1. The van der Waals surface area contributed by atoms with Crippen LogP contribution in [0.2, 0.25) is 0 Å². The second kappa shape index (κ2) is 9.63. The van der Waals surface area contributed by atoms with E-state index < -0.39 is 11.5 Å². The van der Waals surface area contributed by atoms with E-state index in [9.17, 15) is 9.90 Å². The number of nitrogens with one attached hydrogen (secondary N) is 2. The Labute approximate surface area is 179 Å². The van der Waals surface area contributed by atoms with Gasteiger partial charge in [-0.2, -0.15) is 0 Å². The van der Waals surface area contributed by atoms with E-state index in [0.717, 1.165) is 31.2 Å². The third kappa shape index (κ3) is 5.02. The second-order valence-corrected chi connectivity index (χ2v) is 8.48. The molecule has 1 amide bonds. The van der Waals surface area contributed by atoms with Crippen LogP contribution in [0, 0.1) is 6.92 Å². The van der Waals surface area contributed by atoms with Crippen LogP contribution in [0.5, 0.6) is 0 Å². The summed E-state index contributed by atoms with van der Waals surface area (Å²) in [6, 6.07) is 15.5. The Morgan fingerprint density at radius 1 is 1.27 bits per heavy atom. The maximum Gasteiger partial charge on any atom is 0.230 e. The van der Waals surface area contributed by atoms with Crippen molar-refractivity contribution in [3.8, 4) is 0 Å². The van der Waals surface area contributed by atoms with Gasteiger partial charge in [0.1, 0.15) is 0 Å². The molecule has 162 valence electrons. The number of aryl methyl sites for hydroxylation is 2. The maximum absolute atomic E-state index is 12.6. The predicted molar refractivity (Wildman–Crippen MR) is 121 cm³/mol. The third-order valence-electron chi connectivity index (χ3n) is 5.88. The Kier molecular flexibility index (Phi) is 7.16. The number of hydrogen-bond acceptors (Lipinski definition) is 4. The minimum absolute atomic E-state index is 0.0461. The molecule has 1 aliphatic carbocycles. The van der Waals surface area contributed by atoms with Crippen molar-refractivity contribution in [1.29, 1.82) is 0 Å². The van der Waals surface area contributed by atoms with Crippen LogP contribution in [0.3, 0.4) is 0 Å². The lowest BCUT2D eigenvalue weighted by atomic mass is 9.88. The van der Waals surface area contributed by atoms with Gasteiger partial charge in [-0.05, 0) is 69.2 Å². The molecule has 5 nitrogen and oxygen atoms in total. The SMILES string of the molecule is CCO.Cc1cccc([C@@H]2CCc3cc(C4(C(=O)NC[C@@H](C)O)CC4)ccc3N2)c1. The quantitative estimate of drug-likeness (QED) is 0.607. The molecule has 30 heavy (non-hydrogen) atoms. The Morgan fingerprint density at radius 2 is 2.00 bits per heavy atom. The van der Waals surface area contributed by atoms with Crippen molar-refractivity contribution in [2.24, 2.45) is 0 Å². The monoisotopic (exact) mass is 410 g/mol. The first kappa shape index (κ1) is 22.3. The minimum Gasteiger partial charge on any atom is -0.397 e. The fraction of sp³-hybridized carbons (Fsp3) is 0.480. The molecule has 2 aliphatic rings. The molecule has 0 bridgehead atoms. The molecule has 5 heteroatoms. The van der Waals surface area contributed by atoms with E-state index in [1.807, 2.05) is 0 Å². The fourth-order valence-electron chi connectivity index (χ4n) is 4.12. The highest BCUT2D eigenvalue weighted by atomic mass is 16.3. The first-order valence-corrected chi connectivity index (χ1v) is 10.9. The summed E-state index contributed by atoms with van der Waals surface area (Å²) in [4.78, 5) is 12.6. The number of rotatable bonds is 5. The van der Waals surface area contributed by atoms with Crippen molar-refractivity contribution < 1.29 is 15.0 Å². The molecule has 1 heterocycles. The molecule has 4 N–H and O–H groups in total. The Bertz CT molecular complexity index is 874. The summed E-state index contributed by atoms with van der Waals surface area (Å²) in [6.45, 7) is 6.06. The maximum atomic E-state index is 12.6. The zero-order valence-corrected chi connectivity index (χ0v) is 18.2. The van der Waals surface area contributed by atoms with Crippen molar-refractivity contribution in [2.45, 2.75) is 64.0 Å². The van der Waals surface area contributed by atoms with Crippen molar-refractivity contribution in [2.75, 3.05) is 18.5 Å². The molecule has 2 aromatic carbocycles. The lowest BCUT2D eigenvalue weighted by Gasteiger charge is -2.29. The van der Waals surface area contributed by atoms with Gasteiger partial charge in [-0.25, -0.2) is 0 Å². The Hall–Kier alpha value is -2.37. The average Bonchev–Trinajstić information content (AvgIpc) is 3.54. The van der Waals surface area contributed by atoms with Gasteiger partial charge in [0.15, 0.2) is 0 Å². The topological polar surface area (TPSA) is 81.6 Å². The first-order valence-electron chi connectivity index (χ1n) is 10.9. The molecule has 1 fully saturated rings. The van der Waals surface area contributed by atoms with Crippen LogP contribution in [0.4, 0.5) is 5.69 Å². The smallest absolute Gasteiger partial charge is 0.230 e. The molecule has 0 saturated heterocycles. The van der Waals surface area contributed by atoms with Crippen LogP contribution in [0.25, 0.3) is 0 Å². The molecule has 0 aromatic heterocycles. The van der Waals surface area contributed by atoms with Crippen LogP contribution in [0.15, 0.2) is 42.5 Å². The van der Waals surface area contributed by atoms with Crippen molar-refractivity contribution in [1.82, 2.24) is 5.32 Å². The number of aliphatic hydroxyl groups excluding tert-OH is 2. The number of aliphatic hydroxyl groups is 2. The average molecular weight is 411 g/mol. The van der Waals surface area contributed by atoms with Crippen molar-refractivity contribution >= 4 is 11.6 Å². The van der Waals surface area contributed by atoms with Gasteiger partial charge in [-0.3, -0.25) is 4.79 Å². The van der Waals surface area contributed by atoms with Crippen LogP contribution in [0.1, 0.15) is 61.4 Å². The minimum atomic E-state index is -0.518. The number of carbonyl (C=O) groups is 1. The molecule has 4 rings (SSSR count). The van der Waals surface area contributed by atoms with Crippen LogP contribution in [-0.2, 0) is 16.6 Å². The van der Waals surface area contributed by atoms with Gasteiger partial charge in [0.25, 0.3) is 0 Å². The first-order chi connectivity index (χ1) is 14.4. The molecule has 2 aromatic rings. The summed E-state index contributed by atoms with van der Waals surface area (Å²) in [5.74, 6) is 0.0461. The lowest BCUT2D eigenvalue weighted by Crippen LogP contribution is -2.38. The van der Waals surface area contributed by atoms with Crippen LogP contribution >= 0.6 is 0 Å². The zero-order valence-electron chi connectivity index (χ0n) is 18.2. The molecule has 0 spiro atoms. The summed E-state index contributed by atoms with van der Waals surface area (Å²) in [6.07, 6.45) is 3.32. The summed E-state index contributed by atoms with van der Waals surface area (Å²) in [7, 11) is 0. The molecule has 0 unspecified atom stereocenters. The Balaban J connectivity index is 0.000000806. The van der Waals surface area contributed by atoms with E-state index in [1.54, 1.807) is 13.8 Å². The van der Waals surface area contributed by atoms with Gasteiger partial charge in [0.2, 0.25) is 5.91 Å². The van der Waals surface area contributed by atoms with Gasteiger partial charge in [0.05, 0.1) is 17.6 Å².